The van der Waals surface area contributed by atoms with Gasteiger partial charge in [0.1, 0.15) is 22.1 Å². The molecule has 0 radical (unpaired) electrons. The molecule has 0 saturated heterocycles. The van der Waals surface area contributed by atoms with Crippen molar-refractivity contribution in [3.8, 4) is 19.8 Å². The van der Waals surface area contributed by atoms with Crippen molar-refractivity contribution >= 4 is 97.8 Å². The molecular formula is C52H51BrN8O11S4. The summed E-state index contributed by atoms with van der Waals surface area (Å²) in [7, 11) is 2.43. The number of amides is 3. The van der Waals surface area contributed by atoms with Crippen LogP contribution in [0.4, 0.5) is 21.0 Å². The molecular weight excluding hydrogens is 1120 g/mol. The van der Waals surface area contributed by atoms with E-state index >= 15 is 0 Å². The molecule has 0 aliphatic rings. The topological polar surface area (TPSA) is 281 Å². The minimum absolute atomic E-state index is 0. The highest BCUT2D eigenvalue weighted by molar-refractivity contribution is 8.93. The predicted molar refractivity (Wildman–Crippen MR) is 299 cm³/mol. The van der Waals surface area contributed by atoms with Crippen LogP contribution >= 0.6 is 62.3 Å². The second-order valence-electron chi connectivity index (χ2n) is 16.1. The number of ether oxygens (including phenoxy) is 2. The van der Waals surface area contributed by atoms with Crippen LogP contribution in [-0.2, 0) is 44.7 Å². The number of carbonyl (C=O) groups is 4. The lowest BCUT2D eigenvalue weighted by Gasteiger charge is -2.22. The van der Waals surface area contributed by atoms with E-state index in [1.807, 2.05) is 94.3 Å². The molecule has 4 aromatic heterocycles. The number of hydrogen-bond acceptors (Lipinski definition) is 17. The first kappa shape index (κ1) is 59.1. The largest absolute Gasteiger partial charge is 0.480 e. The van der Waals surface area contributed by atoms with E-state index in [9.17, 15) is 39.4 Å². The summed E-state index contributed by atoms with van der Waals surface area (Å²) in [6.45, 7) is 0. The molecule has 6 N–H and O–H groups in total. The maximum absolute atomic E-state index is 13.5. The lowest BCUT2D eigenvalue weighted by atomic mass is 10.0. The van der Waals surface area contributed by atoms with Crippen molar-refractivity contribution in [2.24, 2.45) is 5.73 Å². The number of nitrogens with zero attached hydrogens (tertiary/aromatic N) is 4. The van der Waals surface area contributed by atoms with Crippen LogP contribution in [-0.4, -0.2) is 75.3 Å². The van der Waals surface area contributed by atoms with Crippen LogP contribution in [0.3, 0.4) is 0 Å². The maximum atomic E-state index is 13.5. The Morgan fingerprint density at radius 1 is 0.566 bits per heavy atom. The van der Waals surface area contributed by atoms with Gasteiger partial charge in [0.15, 0.2) is 0 Å². The number of nitro benzene ring substituents is 2. The number of aliphatic carboxylic acids is 1. The molecule has 76 heavy (non-hydrogen) atoms. The molecule has 0 aliphatic heterocycles. The molecule has 4 aromatic carbocycles. The highest BCUT2D eigenvalue weighted by atomic mass is 79.9. The highest BCUT2D eigenvalue weighted by Crippen LogP contribution is 2.32. The number of alkyl carbamates (subject to hydrolysis) is 2. The Labute approximate surface area is 462 Å². The lowest BCUT2D eigenvalue weighted by Crippen LogP contribution is -2.49. The van der Waals surface area contributed by atoms with Crippen LogP contribution in [0.1, 0.15) is 45.7 Å². The number of aromatic nitrogens is 2. The summed E-state index contributed by atoms with van der Waals surface area (Å²) in [4.78, 5) is 79.6. The zero-order chi connectivity index (χ0) is 53.7. The fourth-order valence-corrected chi connectivity index (χ4v) is 10.4. The number of nitrogens with one attached hydrogen (secondary N) is 3. The molecule has 8 rings (SSSR count). The van der Waals surface area contributed by atoms with E-state index in [2.05, 4.69) is 25.7 Å². The third-order valence-corrected chi connectivity index (χ3v) is 14.7. The SMILES string of the molecule is Br.COC(=O)N[C@H](Cc1ccccc1)C(=O)N[C@@H](Cc1ccc([N+](=O)[O-])cc1)c1csc(-c2cccs2)n1.COC(=O)N[C@H](Cc1ccccc1)C(=O)O.N[C@@H](Cc1ccc([N+](=O)[O-])cc1)c1csc(-c2cccs2)n1. The minimum atomic E-state index is -1.09. The number of non-ortho nitro benzene ring substituents is 2. The van der Waals surface area contributed by atoms with Crippen molar-refractivity contribution in [3.63, 3.8) is 0 Å². The molecule has 4 atom stereocenters. The van der Waals surface area contributed by atoms with Gasteiger partial charge in [0.05, 0.1) is 57.3 Å². The summed E-state index contributed by atoms with van der Waals surface area (Å²) in [5.74, 6) is -1.49. The van der Waals surface area contributed by atoms with Gasteiger partial charge in [-0.05, 0) is 58.0 Å². The summed E-state index contributed by atoms with van der Waals surface area (Å²) in [6, 6.07) is 36.4. The van der Waals surface area contributed by atoms with E-state index in [1.165, 1.54) is 49.8 Å². The normalized spacial score (nSPS) is 12.0. The number of thiazole rings is 2. The number of nitrogens with two attached hydrogens (primary N) is 1. The number of thiophene rings is 2. The number of carbonyl (C=O) groups excluding carboxylic acids is 3. The number of carboxylic acids is 1. The van der Waals surface area contributed by atoms with Crippen LogP contribution < -0.4 is 21.7 Å². The zero-order valence-electron chi connectivity index (χ0n) is 40.6. The second kappa shape index (κ2) is 30.0. The van der Waals surface area contributed by atoms with E-state index in [1.54, 1.807) is 70.4 Å². The molecule has 0 aliphatic carbocycles. The Hall–Kier alpha value is -7.74. The average molecular weight is 1170 g/mol. The predicted octanol–water partition coefficient (Wildman–Crippen LogP) is 10.8. The Balaban J connectivity index is 0.000000232. The first-order valence-electron chi connectivity index (χ1n) is 22.7. The van der Waals surface area contributed by atoms with Crippen molar-refractivity contribution in [1.29, 1.82) is 0 Å². The maximum Gasteiger partial charge on any atom is 0.407 e. The standard InChI is InChI=1S/C26H24N4O5S2.C15H13N3O2S2.C11H13NO4.BrH/c1-35-26(32)29-21(15-17-6-3-2-4-7-17)24(31)27-20(14-18-9-11-19(12-10-18)30(33)34)22-16-37-25(28-22)23-8-5-13-36-23;16-12(8-10-3-5-11(6-4-10)18(19)20)13-9-22-15(17-13)14-2-1-7-21-14;1-16-11(15)12-9(10(13)14)7-8-5-3-2-4-6-8;/h2-13,16,20-21H,14-15H2,1H3,(H,27,31)(H,29,32);1-7,9,12H,8,16H2;2-6,9H,7H2,1H3,(H,12,15)(H,13,14);1H/t20-,21+;12-;9-;/m001./s1. The Kier molecular flexibility index (Phi) is 23.3. The Morgan fingerprint density at radius 3 is 1.42 bits per heavy atom. The van der Waals surface area contributed by atoms with Crippen molar-refractivity contribution in [3.05, 3.63) is 209 Å². The van der Waals surface area contributed by atoms with Gasteiger partial charge in [-0.25, -0.2) is 24.4 Å². The summed E-state index contributed by atoms with van der Waals surface area (Å²) in [6.07, 6.45) is -0.00593. The highest BCUT2D eigenvalue weighted by Gasteiger charge is 2.27. The van der Waals surface area contributed by atoms with Crippen molar-refractivity contribution in [2.45, 2.75) is 49.9 Å². The summed E-state index contributed by atoms with van der Waals surface area (Å²) in [5.41, 5.74) is 11.3. The smallest absolute Gasteiger partial charge is 0.407 e. The molecule has 0 bridgehead atoms. The molecule has 19 nitrogen and oxygen atoms in total. The molecule has 0 saturated carbocycles. The number of halogens is 1. The third kappa shape index (κ3) is 18.3. The number of methoxy groups -OCH3 is 2. The van der Waals surface area contributed by atoms with Gasteiger partial charge in [-0.2, -0.15) is 0 Å². The summed E-state index contributed by atoms with van der Waals surface area (Å²) >= 11 is 6.28. The Morgan fingerprint density at radius 2 is 0.987 bits per heavy atom. The Bertz CT molecular complexity index is 3090. The van der Waals surface area contributed by atoms with Crippen molar-refractivity contribution in [2.75, 3.05) is 14.2 Å². The van der Waals surface area contributed by atoms with E-state index < -0.39 is 52.0 Å². The lowest BCUT2D eigenvalue weighted by molar-refractivity contribution is -0.385. The monoisotopic (exact) mass is 1170 g/mol. The van der Waals surface area contributed by atoms with Crippen LogP contribution in [0.5, 0.6) is 0 Å². The van der Waals surface area contributed by atoms with Gasteiger partial charge in [-0.15, -0.1) is 62.3 Å². The van der Waals surface area contributed by atoms with Gasteiger partial charge >= 0.3 is 18.2 Å². The first-order chi connectivity index (χ1) is 36.2. The fourth-order valence-electron chi connectivity index (χ4n) is 7.04. The van der Waals surface area contributed by atoms with Crippen molar-refractivity contribution < 1.29 is 43.6 Å². The van der Waals surface area contributed by atoms with Crippen LogP contribution in [0, 0.1) is 20.2 Å². The van der Waals surface area contributed by atoms with E-state index in [0.717, 1.165) is 47.7 Å². The number of nitro groups is 2. The van der Waals surface area contributed by atoms with Crippen LogP contribution in [0.2, 0.25) is 0 Å². The molecule has 0 unspecified atom stereocenters. The number of carboxylic acid groups (broad SMARTS) is 1. The minimum Gasteiger partial charge on any atom is -0.480 e. The molecule has 8 aromatic rings. The fraction of sp³-hybridized carbons (Fsp3) is 0.192. The summed E-state index contributed by atoms with van der Waals surface area (Å²) in [5, 5.41) is 48.2. The third-order valence-electron chi connectivity index (χ3n) is 10.9. The number of benzene rings is 4. The molecule has 3 amide bonds. The average Bonchev–Trinajstić information content (AvgIpc) is 4.29. The van der Waals surface area contributed by atoms with Gasteiger partial charge in [0, 0.05) is 47.9 Å². The second-order valence-corrected chi connectivity index (χ2v) is 19.7. The molecule has 24 heteroatoms. The quantitative estimate of drug-likeness (QED) is 0.0372. The van der Waals surface area contributed by atoms with Gasteiger partial charge in [-0.1, -0.05) is 97.1 Å². The van der Waals surface area contributed by atoms with E-state index in [0.29, 0.717) is 18.5 Å². The van der Waals surface area contributed by atoms with Crippen LogP contribution in [0.15, 0.2) is 155 Å². The molecule has 4 heterocycles. The van der Waals surface area contributed by atoms with Gasteiger partial charge in [0.2, 0.25) is 5.91 Å². The number of rotatable bonds is 19. The van der Waals surface area contributed by atoms with E-state index in [-0.39, 0.29) is 47.2 Å². The number of hydrogen-bond donors (Lipinski definition) is 5. The van der Waals surface area contributed by atoms with Gasteiger partial charge in [0.25, 0.3) is 11.4 Å². The van der Waals surface area contributed by atoms with Gasteiger partial charge in [-0.3, -0.25) is 25.0 Å². The summed E-state index contributed by atoms with van der Waals surface area (Å²) < 4.78 is 9.09. The molecule has 0 spiro atoms. The molecule has 396 valence electrons. The first-order valence-corrected chi connectivity index (χ1v) is 26.2. The van der Waals surface area contributed by atoms with E-state index in [4.69, 9.17) is 20.6 Å². The zero-order valence-corrected chi connectivity index (χ0v) is 45.6. The van der Waals surface area contributed by atoms with Crippen LogP contribution in [0.25, 0.3) is 19.8 Å². The van der Waals surface area contributed by atoms with Gasteiger partial charge < -0.3 is 36.3 Å². The molecule has 0 fully saturated rings. The van der Waals surface area contributed by atoms with Crippen molar-refractivity contribution in [1.82, 2.24) is 25.9 Å².